The second-order valence-electron chi connectivity index (χ2n) is 9.69. The van der Waals surface area contributed by atoms with E-state index in [9.17, 15) is 50.4 Å². The summed E-state index contributed by atoms with van der Waals surface area (Å²) in [5, 5.41) is 82.2. The number of ether oxygens (including phenoxy) is 2. The summed E-state index contributed by atoms with van der Waals surface area (Å²) >= 11 is 0. The number of aromatic hydroxyl groups is 8. The fraction of sp³-hybridized carbons (Fsp3) is 0.0667. The molecule has 0 spiro atoms. The Bertz CT molecular complexity index is 1890. The maximum absolute atomic E-state index is 13.1. The number of benzene rings is 4. The number of rotatable bonds is 3. The van der Waals surface area contributed by atoms with Crippen LogP contribution in [0, 0.1) is 0 Å². The van der Waals surface area contributed by atoms with Gasteiger partial charge in [0.1, 0.15) is 51.7 Å². The largest absolute Gasteiger partial charge is 0.508 e. The number of carbonyl (C=O) groups excluding carboxylic acids is 2. The number of fused-ring (bicyclic) bond motifs is 2. The van der Waals surface area contributed by atoms with Gasteiger partial charge in [-0.05, 0) is 41.5 Å². The van der Waals surface area contributed by atoms with Crippen LogP contribution in [-0.2, 0) is 0 Å². The molecule has 8 N–H and O–H groups in total. The normalized spacial score (nSPS) is 16.6. The van der Waals surface area contributed by atoms with Crippen molar-refractivity contribution in [3.8, 4) is 68.6 Å². The van der Waals surface area contributed by atoms with Gasteiger partial charge in [0, 0.05) is 23.8 Å². The molecule has 212 valence electrons. The Hall–Kier alpha value is -6.04. The lowest BCUT2D eigenvalue weighted by Crippen LogP contribution is -2.20. The van der Waals surface area contributed by atoms with E-state index in [0.717, 1.165) is 24.3 Å². The molecule has 2 heterocycles. The molecule has 0 unspecified atom stereocenters. The molecule has 42 heavy (non-hydrogen) atoms. The van der Waals surface area contributed by atoms with Crippen molar-refractivity contribution in [1.29, 1.82) is 0 Å². The lowest BCUT2D eigenvalue weighted by atomic mass is 9.90. The average molecular weight is 572 g/mol. The molecule has 0 fully saturated rings. The summed E-state index contributed by atoms with van der Waals surface area (Å²) in [6, 6.07) is 9.30. The molecule has 4 aromatic carbocycles. The molecule has 0 radical (unpaired) electrons. The molecule has 0 amide bonds. The van der Waals surface area contributed by atoms with Crippen molar-refractivity contribution in [2.45, 2.75) is 12.5 Å². The van der Waals surface area contributed by atoms with E-state index in [1.165, 1.54) is 30.3 Å². The van der Waals surface area contributed by atoms with Crippen molar-refractivity contribution in [1.82, 2.24) is 0 Å². The average Bonchev–Trinajstić information content (AvgIpc) is 3.22. The van der Waals surface area contributed by atoms with Gasteiger partial charge in [-0.2, -0.15) is 0 Å². The first-order valence-electron chi connectivity index (χ1n) is 12.3. The zero-order valence-corrected chi connectivity index (χ0v) is 21.2. The second kappa shape index (κ2) is 9.27. The van der Waals surface area contributed by atoms with Gasteiger partial charge in [-0.25, -0.2) is 0 Å². The van der Waals surface area contributed by atoms with Gasteiger partial charge in [-0.15, -0.1) is 0 Å². The summed E-state index contributed by atoms with van der Waals surface area (Å²) in [6.07, 6.45) is -0.0243. The number of allylic oxidation sites excluding steroid dienone is 1. The van der Waals surface area contributed by atoms with Crippen molar-refractivity contribution in [3.63, 3.8) is 0 Å². The van der Waals surface area contributed by atoms with Gasteiger partial charge in [0.25, 0.3) is 0 Å². The summed E-state index contributed by atoms with van der Waals surface area (Å²) in [6.45, 7) is 0. The lowest BCUT2D eigenvalue weighted by Gasteiger charge is -2.27. The molecule has 0 aromatic heterocycles. The highest BCUT2D eigenvalue weighted by Gasteiger charge is 2.35. The molecule has 1 atom stereocenters. The maximum atomic E-state index is 13.1. The van der Waals surface area contributed by atoms with Gasteiger partial charge >= 0.3 is 0 Å². The summed E-state index contributed by atoms with van der Waals surface area (Å²) in [5.74, 6) is -6.38. The predicted octanol–water partition coefficient (Wildman–Crippen LogP) is 4.32. The van der Waals surface area contributed by atoms with Crippen LogP contribution in [0.2, 0.25) is 0 Å². The lowest BCUT2D eigenvalue weighted by molar-refractivity contribution is 0.0844. The SMILES string of the molecule is O=C1C(=Cc2cc(O)c(O)c(-c3c(O)cc4c(c3O)C(=O)C[C@@H](c3ccc(O)c(O)c3)O4)c2)Oc2cc(O)cc(O)c21. The number of carbonyl (C=O) groups is 2. The van der Waals surface area contributed by atoms with Crippen LogP contribution in [0.3, 0.4) is 0 Å². The van der Waals surface area contributed by atoms with Crippen LogP contribution in [0.5, 0.6) is 57.5 Å². The summed E-state index contributed by atoms with van der Waals surface area (Å²) < 4.78 is 11.3. The molecule has 0 saturated heterocycles. The monoisotopic (exact) mass is 572 g/mol. The predicted molar refractivity (Wildman–Crippen MR) is 143 cm³/mol. The topological polar surface area (TPSA) is 214 Å². The van der Waals surface area contributed by atoms with Gasteiger partial charge in [0.15, 0.2) is 34.5 Å². The second-order valence-corrected chi connectivity index (χ2v) is 9.69. The minimum absolute atomic E-state index is 0.0615. The number of hydrogen-bond donors (Lipinski definition) is 8. The van der Waals surface area contributed by atoms with Crippen LogP contribution in [0.25, 0.3) is 17.2 Å². The molecular weight excluding hydrogens is 552 g/mol. The minimum atomic E-state index is -0.914. The van der Waals surface area contributed by atoms with Crippen LogP contribution >= 0.6 is 0 Å². The van der Waals surface area contributed by atoms with Crippen LogP contribution in [0.15, 0.2) is 54.3 Å². The van der Waals surface area contributed by atoms with Crippen molar-refractivity contribution < 1.29 is 59.9 Å². The van der Waals surface area contributed by atoms with Crippen molar-refractivity contribution in [2.75, 3.05) is 0 Å². The Morgan fingerprint density at radius 2 is 1.40 bits per heavy atom. The third-order valence-corrected chi connectivity index (χ3v) is 6.95. The molecule has 0 aliphatic carbocycles. The Balaban J connectivity index is 1.41. The van der Waals surface area contributed by atoms with Crippen LogP contribution in [-0.4, -0.2) is 52.4 Å². The van der Waals surface area contributed by atoms with E-state index in [1.54, 1.807) is 0 Å². The van der Waals surface area contributed by atoms with Gasteiger partial charge < -0.3 is 50.3 Å². The quantitative estimate of drug-likeness (QED) is 0.127. The number of hydrogen-bond acceptors (Lipinski definition) is 12. The Morgan fingerprint density at radius 3 is 2.14 bits per heavy atom. The fourth-order valence-electron chi connectivity index (χ4n) is 5.00. The van der Waals surface area contributed by atoms with E-state index in [-0.39, 0.29) is 57.4 Å². The van der Waals surface area contributed by atoms with E-state index in [2.05, 4.69) is 0 Å². The van der Waals surface area contributed by atoms with Crippen LogP contribution < -0.4 is 9.47 Å². The molecule has 12 nitrogen and oxygen atoms in total. The summed E-state index contributed by atoms with van der Waals surface area (Å²) in [4.78, 5) is 25.9. The molecule has 2 aliphatic heterocycles. The summed E-state index contributed by atoms with van der Waals surface area (Å²) in [5.41, 5.74) is -0.793. The van der Waals surface area contributed by atoms with E-state index in [1.807, 2.05) is 0 Å². The van der Waals surface area contributed by atoms with Gasteiger partial charge in [0.2, 0.25) is 5.78 Å². The Kier molecular flexibility index (Phi) is 5.78. The summed E-state index contributed by atoms with van der Waals surface area (Å²) in [7, 11) is 0. The molecule has 12 heteroatoms. The Morgan fingerprint density at radius 1 is 0.667 bits per heavy atom. The van der Waals surface area contributed by atoms with Crippen molar-refractivity contribution in [3.05, 3.63) is 76.5 Å². The molecule has 0 bridgehead atoms. The number of ketones is 2. The first-order valence-corrected chi connectivity index (χ1v) is 12.3. The third kappa shape index (κ3) is 4.09. The maximum Gasteiger partial charge on any atom is 0.235 e. The fourth-order valence-corrected chi connectivity index (χ4v) is 5.00. The van der Waals surface area contributed by atoms with E-state index < -0.39 is 57.7 Å². The third-order valence-electron chi connectivity index (χ3n) is 6.95. The first-order chi connectivity index (χ1) is 19.9. The van der Waals surface area contributed by atoms with E-state index in [4.69, 9.17) is 9.47 Å². The van der Waals surface area contributed by atoms with Crippen molar-refractivity contribution in [2.24, 2.45) is 0 Å². The number of phenolic OH excluding ortho intramolecular Hbond substituents is 8. The molecule has 0 saturated carbocycles. The highest BCUT2D eigenvalue weighted by atomic mass is 16.5. The first kappa shape index (κ1) is 26.2. The van der Waals surface area contributed by atoms with E-state index >= 15 is 0 Å². The van der Waals surface area contributed by atoms with Gasteiger partial charge in [-0.3, -0.25) is 9.59 Å². The smallest absolute Gasteiger partial charge is 0.235 e. The zero-order chi connectivity index (χ0) is 30.0. The van der Waals surface area contributed by atoms with Gasteiger partial charge in [0.05, 0.1) is 12.0 Å². The van der Waals surface area contributed by atoms with Crippen LogP contribution in [0.1, 0.15) is 44.4 Å². The van der Waals surface area contributed by atoms with E-state index in [0.29, 0.717) is 5.56 Å². The highest BCUT2D eigenvalue weighted by molar-refractivity contribution is 6.16. The Labute approximate surface area is 235 Å². The molecule has 6 rings (SSSR count). The van der Waals surface area contributed by atoms with Crippen LogP contribution in [0.4, 0.5) is 0 Å². The standard InChI is InChI=1S/C30H20O12/c31-13-7-17(34)26-22(8-13)42-24(29(26)39)5-11-3-14(28(38)20(37)4-11)25-18(35)10-23-27(30(25)40)19(36)9-21(41-23)12-1-2-15(32)16(33)6-12/h1-8,10,21,31-35,37-38,40H,9H2/t21-/m0/s1. The van der Waals surface area contributed by atoms with Crippen molar-refractivity contribution >= 4 is 17.6 Å². The minimum Gasteiger partial charge on any atom is -0.508 e. The zero-order valence-electron chi connectivity index (χ0n) is 21.2. The molecule has 4 aromatic rings. The molecular formula is C30H20O12. The highest BCUT2D eigenvalue weighted by Crippen LogP contribution is 2.52. The number of phenols is 8. The van der Waals surface area contributed by atoms with Gasteiger partial charge in [-0.1, -0.05) is 6.07 Å². The number of Topliss-reactive ketones (excluding diaryl/α,β-unsaturated/α-hetero) is 2. The molecule has 2 aliphatic rings.